The van der Waals surface area contributed by atoms with Crippen LogP contribution in [0.15, 0.2) is 60.7 Å². The van der Waals surface area contributed by atoms with Crippen LogP contribution in [0.4, 0.5) is 0 Å². The second-order valence-electron chi connectivity index (χ2n) is 8.66. The molecule has 5 atom stereocenters. The Bertz CT molecular complexity index is 1180. The van der Waals surface area contributed by atoms with E-state index in [4.69, 9.17) is 23.2 Å². The van der Waals surface area contributed by atoms with Gasteiger partial charge in [-0.1, -0.05) is 47.5 Å². The van der Waals surface area contributed by atoms with Gasteiger partial charge in [0.2, 0.25) is 0 Å². The lowest BCUT2D eigenvalue weighted by molar-refractivity contribution is -0.157. The average Bonchev–Trinajstić information content (AvgIpc) is 3.49. The third-order valence-corrected chi connectivity index (χ3v) is 7.43. The zero-order chi connectivity index (χ0) is 23.4. The minimum atomic E-state index is -1.13. The van der Waals surface area contributed by atoms with Crippen LogP contribution in [-0.4, -0.2) is 39.6 Å². The molecule has 0 radical (unpaired) electrons. The van der Waals surface area contributed by atoms with Crippen molar-refractivity contribution in [2.24, 2.45) is 23.7 Å². The Morgan fingerprint density at radius 1 is 0.939 bits per heavy atom. The van der Waals surface area contributed by atoms with Crippen molar-refractivity contribution in [3.8, 4) is 0 Å². The number of fused-ring (bicyclic) bond motifs is 5. The van der Waals surface area contributed by atoms with Gasteiger partial charge in [-0.05, 0) is 61.6 Å². The first kappa shape index (κ1) is 21.9. The molecule has 3 amide bonds. The topological polar surface area (TPSA) is 74.8 Å². The predicted octanol–water partition coefficient (Wildman–Crippen LogP) is 4.43. The summed E-state index contributed by atoms with van der Waals surface area (Å²) in [6.45, 7) is 1.51. The van der Waals surface area contributed by atoms with E-state index in [2.05, 4.69) is 0 Å². The van der Waals surface area contributed by atoms with Crippen LogP contribution in [-0.2, 0) is 9.59 Å². The number of carbonyl (C=O) groups excluding carboxylic acids is 4. The number of carbonyl (C=O) groups is 4. The van der Waals surface area contributed by atoms with Crippen LogP contribution in [0.3, 0.4) is 0 Å². The Morgan fingerprint density at radius 2 is 1.52 bits per heavy atom. The molecule has 2 aliphatic carbocycles. The molecule has 6 nitrogen and oxygen atoms in total. The van der Waals surface area contributed by atoms with Crippen LogP contribution in [0.5, 0.6) is 0 Å². The maximum absolute atomic E-state index is 13.7. The quantitative estimate of drug-likeness (QED) is 0.358. The molecule has 2 aromatic rings. The fourth-order valence-corrected chi connectivity index (χ4v) is 5.61. The number of ketones is 1. The molecule has 0 aromatic heterocycles. The van der Waals surface area contributed by atoms with Crippen LogP contribution in [0.25, 0.3) is 0 Å². The van der Waals surface area contributed by atoms with E-state index >= 15 is 0 Å². The summed E-state index contributed by atoms with van der Waals surface area (Å²) < 4.78 is 0. The lowest BCUT2D eigenvalue weighted by Crippen LogP contribution is -2.57. The number of halogens is 2. The van der Waals surface area contributed by atoms with E-state index in [9.17, 15) is 19.2 Å². The van der Waals surface area contributed by atoms with Gasteiger partial charge in [-0.25, -0.2) is 5.01 Å². The van der Waals surface area contributed by atoms with E-state index in [0.29, 0.717) is 10.6 Å². The second kappa shape index (κ2) is 8.12. The number of hydrazine groups is 1. The average molecular weight is 483 g/mol. The van der Waals surface area contributed by atoms with E-state index < -0.39 is 41.4 Å². The normalized spacial score (nSPS) is 26.0. The Labute approximate surface area is 200 Å². The fraction of sp³-hybridized carbons (Fsp3) is 0.280. The van der Waals surface area contributed by atoms with Gasteiger partial charge in [0.25, 0.3) is 17.7 Å². The monoisotopic (exact) mass is 482 g/mol. The summed E-state index contributed by atoms with van der Waals surface area (Å²) in [4.78, 5) is 54.0. The molecule has 1 saturated carbocycles. The van der Waals surface area contributed by atoms with Crippen molar-refractivity contribution in [1.29, 1.82) is 0 Å². The standard InChI is InChI=1S/C25H20Cl2N2O4/c1-13(22(30)14-8-10-17(26)11-9-14)28(23(31)18-4-2-3-5-19(18)27)29-24(32)20-15-6-7-16(12-15)21(20)25(29)33/h2-11,13,15-16,20-21H,12H2,1H3/t13-,15+,16+,20+,21+/m1/s1. The van der Waals surface area contributed by atoms with Crippen molar-refractivity contribution in [3.05, 3.63) is 81.9 Å². The highest BCUT2D eigenvalue weighted by Gasteiger charge is 2.61. The van der Waals surface area contributed by atoms with Crippen molar-refractivity contribution in [3.63, 3.8) is 0 Å². The van der Waals surface area contributed by atoms with Gasteiger partial charge in [-0.15, -0.1) is 0 Å². The number of benzene rings is 2. The number of amides is 3. The number of Topliss-reactive ketones (excluding diaryl/α,β-unsaturated/α-hetero) is 1. The Balaban J connectivity index is 1.56. The van der Waals surface area contributed by atoms with E-state index in [1.54, 1.807) is 42.5 Å². The van der Waals surface area contributed by atoms with Gasteiger partial charge in [-0.3, -0.25) is 19.2 Å². The van der Waals surface area contributed by atoms with Gasteiger partial charge in [0.05, 0.1) is 22.4 Å². The third-order valence-electron chi connectivity index (χ3n) is 6.85. The van der Waals surface area contributed by atoms with Gasteiger partial charge < -0.3 is 0 Å². The summed E-state index contributed by atoms with van der Waals surface area (Å²) in [6.07, 6.45) is 4.71. The molecular weight excluding hydrogens is 463 g/mol. The van der Waals surface area contributed by atoms with Gasteiger partial charge in [0.15, 0.2) is 5.78 Å². The Morgan fingerprint density at radius 3 is 2.09 bits per heavy atom. The van der Waals surface area contributed by atoms with Crippen LogP contribution in [0.1, 0.15) is 34.1 Å². The van der Waals surface area contributed by atoms with Gasteiger partial charge in [-0.2, -0.15) is 5.01 Å². The van der Waals surface area contributed by atoms with Crippen molar-refractivity contribution in [2.45, 2.75) is 19.4 Å². The number of hydrogen-bond acceptors (Lipinski definition) is 4. The number of allylic oxidation sites excluding steroid dienone is 2. The molecule has 2 bridgehead atoms. The molecule has 8 heteroatoms. The second-order valence-corrected chi connectivity index (χ2v) is 9.51. The molecule has 5 rings (SSSR count). The summed E-state index contributed by atoms with van der Waals surface area (Å²) in [7, 11) is 0. The Kier molecular flexibility index (Phi) is 5.38. The number of hydrogen-bond donors (Lipinski definition) is 0. The molecule has 0 unspecified atom stereocenters. The highest BCUT2D eigenvalue weighted by molar-refractivity contribution is 6.34. The largest absolute Gasteiger partial charge is 0.292 e. The first-order valence-corrected chi connectivity index (χ1v) is 11.5. The summed E-state index contributed by atoms with van der Waals surface area (Å²) in [6, 6.07) is 11.5. The molecule has 1 aliphatic heterocycles. The van der Waals surface area contributed by atoms with Crippen molar-refractivity contribution in [1.82, 2.24) is 10.0 Å². The molecule has 1 heterocycles. The van der Waals surface area contributed by atoms with Gasteiger partial charge in [0, 0.05) is 10.6 Å². The summed E-state index contributed by atoms with van der Waals surface area (Å²) in [5, 5.41) is 2.51. The van der Waals surface area contributed by atoms with E-state index in [1.165, 1.54) is 13.0 Å². The summed E-state index contributed by atoms with van der Waals surface area (Å²) >= 11 is 12.2. The molecule has 0 spiro atoms. The molecule has 3 aliphatic rings. The smallest absolute Gasteiger partial charge is 0.275 e. The molecule has 33 heavy (non-hydrogen) atoms. The number of rotatable bonds is 5. The fourth-order valence-electron chi connectivity index (χ4n) is 5.26. The van der Waals surface area contributed by atoms with Crippen LogP contribution in [0.2, 0.25) is 10.0 Å². The van der Waals surface area contributed by atoms with Crippen LogP contribution >= 0.6 is 23.2 Å². The van der Waals surface area contributed by atoms with E-state index in [1.807, 2.05) is 12.2 Å². The molecule has 2 fully saturated rings. The summed E-state index contributed by atoms with van der Waals surface area (Å²) in [5.74, 6) is -3.07. The maximum atomic E-state index is 13.7. The Hall–Kier alpha value is -2.96. The SMILES string of the molecule is C[C@H](C(=O)c1ccc(Cl)cc1)N(C(=O)c1ccccc1Cl)N1C(=O)[C@@H]2[C@@H](C1=O)[C@H]1C=C[C@H]2C1. The molecular formula is C25H20Cl2N2O4. The molecule has 0 N–H and O–H groups in total. The van der Waals surface area contributed by atoms with Crippen molar-refractivity contribution in [2.75, 3.05) is 0 Å². The molecule has 1 saturated heterocycles. The third kappa shape index (κ3) is 3.40. The zero-order valence-electron chi connectivity index (χ0n) is 17.7. The lowest BCUT2D eigenvalue weighted by Gasteiger charge is -2.35. The van der Waals surface area contributed by atoms with Crippen molar-refractivity contribution >= 4 is 46.7 Å². The minimum absolute atomic E-state index is 0.0269. The number of imide groups is 1. The van der Waals surface area contributed by atoms with E-state index in [-0.39, 0.29) is 22.4 Å². The zero-order valence-corrected chi connectivity index (χ0v) is 19.2. The lowest BCUT2D eigenvalue weighted by atomic mass is 9.85. The van der Waals surface area contributed by atoms with Gasteiger partial charge >= 0.3 is 0 Å². The van der Waals surface area contributed by atoms with Crippen molar-refractivity contribution < 1.29 is 19.2 Å². The van der Waals surface area contributed by atoms with Crippen LogP contribution < -0.4 is 0 Å². The molecule has 2 aromatic carbocycles. The number of nitrogens with zero attached hydrogens (tertiary/aromatic N) is 2. The van der Waals surface area contributed by atoms with Crippen LogP contribution in [0, 0.1) is 23.7 Å². The highest BCUT2D eigenvalue weighted by Crippen LogP contribution is 2.53. The van der Waals surface area contributed by atoms with E-state index in [0.717, 1.165) is 16.4 Å². The van der Waals surface area contributed by atoms with Gasteiger partial charge in [0.1, 0.15) is 6.04 Å². The highest BCUT2D eigenvalue weighted by atomic mass is 35.5. The maximum Gasteiger partial charge on any atom is 0.275 e. The summed E-state index contributed by atoms with van der Waals surface area (Å²) in [5.41, 5.74) is 0.415. The minimum Gasteiger partial charge on any atom is -0.292 e. The predicted molar refractivity (Wildman–Crippen MR) is 122 cm³/mol. The first-order chi connectivity index (χ1) is 15.8. The molecule has 168 valence electrons. The first-order valence-electron chi connectivity index (χ1n) is 10.7.